The summed E-state index contributed by atoms with van der Waals surface area (Å²) in [7, 11) is 0. The summed E-state index contributed by atoms with van der Waals surface area (Å²) in [5, 5.41) is 0. The van der Waals surface area contributed by atoms with E-state index in [0.29, 0.717) is 6.04 Å². The molecule has 0 heterocycles. The van der Waals surface area contributed by atoms with E-state index in [4.69, 9.17) is 5.73 Å². The highest BCUT2D eigenvalue weighted by Crippen LogP contribution is 2.19. The summed E-state index contributed by atoms with van der Waals surface area (Å²) >= 11 is 1.90. The standard InChI is InChI=1S/C15H26N2S/c1-3-4-11-17(14-8-6-5-7-9-14)15(13-16)10-12-18-2/h5-9,15H,3-4,10-13,16H2,1-2H3. The highest BCUT2D eigenvalue weighted by molar-refractivity contribution is 7.98. The lowest BCUT2D eigenvalue weighted by Crippen LogP contribution is -2.41. The second kappa shape index (κ2) is 9.29. The van der Waals surface area contributed by atoms with Gasteiger partial charge in [-0.15, -0.1) is 0 Å². The minimum Gasteiger partial charge on any atom is -0.367 e. The fourth-order valence-electron chi connectivity index (χ4n) is 2.13. The summed E-state index contributed by atoms with van der Waals surface area (Å²) in [4.78, 5) is 2.49. The molecular weight excluding hydrogens is 240 g/mol. The lowest BCUT2D eigenvalue weighted by Gasteiger charge is -2.33. The van der Waals surface area contributed by atoms with Crippen molar-refractivity contribution in [1.29, 1.82) is 0 Å². The molecule has 0 radical (unpaired) electrons. The summed E-state index contributed by atoms with van der Waals surface area (Å²) in [6, 6.07) is 11.1. The molecule has 1 aromatic carbocycles. The third-order valence-electron chi connectivity index (χ3n) is 3.21. The van der Waals surface area contributed by atoms with Crippen molar-refractivity contribution in [2.45, 2.75) is 32.2 Å². The van der Waals surface area contributed by atoms with Gasteiger partial charge in [0.1, 0.15) is 0 Å². The fourth-order valence-corrected chi connectivity index (χ4v) is 2.63. The Kier molecular flexibility index (Phi) is 7.94. The minimum atomic E-state index is 0.464. The number of hydrogen-bond acceptors (Lipinski definition) is 3. The van der Waals surface area contributed by atoms with E-state index in [2.05, 4.69) is 48.4 Å². The van der Waals surface area contributed by atoms with Gasteiger partial charge in [-0.1, -0.05) is 31.5 Å². The summed E-state index contributed by atoms with van der Waals surface area (Å²) in [5.74, 6) is 1.18. The maximum atomic E-state index is 5.97. The van der Waals surface area contributed by atoms with Gasteiger partial charge in [0.05, 0.1) is 0 Å². The highest BCUT2D eigenvalue weighted by Gasteiger charge is 2.16. The number of thioether (sulfide) groups is 1. The van der Waals surface area contributed by atoms with Gasteiger partial charge in [0, 0.05) is 24.8 Å². The Hall–Kier alpha value is -0.670. The van der Waals surface area contributed by atoms with Crippen molar-refractivity contribution in [3.05, 3.63) is 30.3 Å². The van der Waals surface area contributed by atoms with Crippen molar-refractivity contribution in [2.75, 3.05) is 30.0 Å². The third-order valence-corrected chi connectivity index (χ3v) is 3.85. The third kappa shape index (κ3) is 4.91. The van der Waals surface area contributed by atoms with E-state index in [1.807, 2.05) is 11.8 Å². The van der Waals surface area contributed by atoms with Crippen LogP contribution in [0.25, 0.3) is 0 Å². The number of para-hydroxylation sites is 1. The largest absolute Gasteiger partial charge is 0.367 e. The van der Waals surface area contributed by atoms with Crippen LogP contribution in [0.3, 0.4) is 0 Å². The highest BCUT2D eigenvalue weighted by atomic mass is 32.2. The van der Waals surface area contributed by atoms with Gasteiger partial charge in [-0.25, -0.2) is 0 Å². The number of unbranched alkanes of at least 4 members (excludes halogenated alkanes) is 1. The van der Waals surface area contributed by atoms with Crippen LogP contribution in [-0.2, 0) is 0 Å². The second-order valence-corrected chi connectivity index (χ2v) is 5.54. The van der Waals surface area contributed by atoms with E-state index < -0.39 is 0 Å². The molecule has 0 spiro atoms. The number of benzene rings is 1. The Morgan fingerprint density at radius 3 is 2.56 bits per heavy atom. The van der Waals surface area contributed by atoms with Gasteiger partial charge in [-0.05, 0) is 37.0 Å². The van der Waals surface area contributed by atoms with Crippen molar-refractivity contribution >= 4 is 17.4 Å². The van der Waals surface area contributed by atoms with Crippen molar-refractivity contribution in [1.82, 2.24) is 0 Å². The zero-order valence-corrected chi connectivity index (χ0v) is 12.5. The van der Waals surface area contributed by atoms with Crippen LogP contribution in [0, 0.1) is 0 Å². The van der Waals surface area contributed by atoms with E-state index in [9.17, 15) is 0 Å². The number of nitrogens with two attached hydrogens (primary N) is 1. The van der Waals surface area contributed by atoms with Crippen LogP contribution in [0.4, 0.5) is 5.69 Å². The lowest BCUT2D eigenvalue weighted by molar-refractivity contribution is 0.569. The van der Waals surface area contributed by atoms with Crippen molar-refractivity contribution < 1.29 is 0 Å². The molecule has 0 bridgehead atoms. The topological polar surface area (TPSA) is 29.3 Å². The molecular formula is C15H26N2S. The van der Waals surface area contributed by atoms with Gasteiger partial charge in [0.2, 0.25) is 0 Å². The van der Waals surface area contributed by atoms with E-state index in [1.54, 1.807) is 0 Å². The molecule has 0 fully saturated rings. The molecule has 1 aromatic rings. The van der Waals surface area contributed by atoms with Gasteiger partial charge < -0.3 is 10.6 Å². The summed E-state index contributed by atoms with van der Waals surface area (Å²) in [5.41, 5.74) is 7.28. The smallest absolute Gasteiger partial charge is 0.0420 e. The molecule has 0 aliphatic heterocycles. The molecule has 0 aromatic heterocycles. The first kappa shape index (κ1) is 15.4. The first-order valence-electron chi connectivity index (χ1n) is 6.84. The van der Waals surface area contributed by atoms with Crippen LogP contribution >= 0.6 is 11.8 Å². The van der Waals surface area contributed by atoms with Gasteiger partial charge in [0.25, 0.3) is 0 Å². The molecule has 2 nitrogen and oxygen atoms in total. The van der Waals surface area contributed by atoms with Crippen molar-refractivity contribution in [2.24, 2.45) is 5.73 Å². The van der Waals surface area contributed by atoms with E-state index in [-0.39, 0.29) is 0 Å². The molecule has 2 N–H and O–H groups in total. The van der Waals surface area contributed by atoms with Gasteiger partial charge >= 0.3 is 0 Å². The second-order valence-electron chi connectivity index (χ2n) is 4.55. The van der Waals surface area contributed by atoms with Crippen LogP contribution in [0.2, 0.25) is 0 Å². The Balaban J connectivity index is 2.75. The Morgan fingerprint density at radius 2 is 2.00 bits per heavy atom. The minimum absolute atomic E-state index is 0.464. The predicted molar refractivity (Wildman–Crippen MR) is 84.5 cm³/mol. The maximum Gasteiger partial charge on any atom is 0.0420 e. The van der Waals surface area contributed by atoms with Crippen LogP contribution in [0.15, 0.2) is 30.3 Å². The van der Waals surface area contributed by atoms with E-state index in [1.165, 1.54) is 24.3 Å². The van der Waals surface area contributed by atoms with Gasteiger partial charge in [0.15, 0.2) is 0 Å². The Labute approximate surface area is 116 Å². The average molecular weight is 266 g/mol. The van der Waals surface area contributed by atoms with Crippen molar-refractivity contribution in [3.8, 4) is 0 Å². The predicted octanol–water partition coefficient (Wildman–Crippen LogP) is 3.37. The molecule has 0 amide bonds. The molecule has 0 saturated heterocycles. The van der Waals surface area contributed by atoms with Crippen LogP contribution in [0.1, 0.15) is 26.2 Å². The molecule has 0 saturated carbocycles. The van der Waals surface area contributed by atoms with E-state index >= 15 is 0 Å². The molecule has 1 atom stereocenters. The zero-order chi connectivity index (χ0) is 13.2. The fraction of sp³-hybridized carbons (Fsp3) is 0.600. The summed E-state index contributed by atoms with van der Waals surface area (Å²) < 4.78 is 0. The first-order chi connectivity index (χ1) is 8.83. The molecule has 0 aliphatic carbocycles. The lowest BCUT2D eigenvalue weighted by atomic mass is 10.1. The van der Waals surface area contributed by atoms with Gasteiger partial charge in [-0.3, -0.25) is 0 Å². The number of nitrogens with zero attached hydrogens (tertiary/aromatic N) is 1. The number of rotatable bonds is 9. The molecule has 102 valence electrons. The SMILES string of the molecule is CCCCN(c1ccccc1)C(CN)CCSC. The van der Waals surface area contributed by atoms with Crippen LogP contribution < -0.4 is 10.6 Å². The molecule has 3 heteroatoms. The normalized spacial score (nSPS) is 12.4. The van der Waals surface area contributed by atoms with Crippen LogP contribution in [-0.4, -0.2) is 31.1 Å². The Bertz CT molecular complexity index is 303. The first-order valence-corrected chi connectivity index (χ1v) is 8.23. The molecule has 1 unspecified atom stereocenters. The molecule has 1 rings (SSSR count). The summed E-state index contributed by atoms with van der Waals surface area (Å²) in [6.07, 6.45) is 5.77. The molecule has 18 heavy (non-hydrogen) atoms. The average Bonchev–Trinajstić information content (AvgIpc) is 2.43. The van der Waals surface area contributed by atoms with Crippen LogP contribution in [0.5, 0.6) is 0 Å². The molecule has 0 aliphatic rings. The zero-order valence-electron chi connectivity index (χ0n) is 11.6. The monoisotopic (exact) mass is 266 g/mol. The number of hydrogen-bond donors (Lipinski definition) is 1. The van der Waals surface area contributed by atoms with Gasteiger partial charge in [-0.2, -0.15) is 11.8 Å². The van der Waals surface area contributed by atoms with Crippen molar-refractivity contribution in [3.63, 3.8) is 0 Å². The Morgan fingerprint density at radius 1 is 1.28 bits per heavy atom. The maximum absolute atomic E-state index is 5.97. The summed E-state index contributed by atoms with van der Waals surface area (Å²) in [6.45, 7) is 4.08. The quantitative estimate of drug-likeness (QED) is 0.743. The number of anilines is 1. The van der Waals surface area contributed by atoms with E-state index in [0.717, 1.165) is 19.5 Å².